The molecule has 0 aliphatic heterocycles. The highest BCUT2D eigenvalue weighted by molar-refractivity contribution is 7.99. The molecule has 0 saturated heterocycles. The summed E-state index contributed by atoms with van der Waals surface area (Å²) >= 11 is 2.00. The van der Waals surface area contributed by atoms with Crippen LogP contribution in [0.4, 0.5) is 0 Å². The molecule has 0 saturated carbocycles. The minimum Gasteiger partial charge on any atom is -0.396 e. The minimum atomic E-state index is 0.293. The Bertz CT molecular complexity index is 116. The van der Waals surface area contributed by atoms with Gasteiger partial charge < -0.3 is 10.4 Å². The summed E-state index contributed by atoms with van der Waals surface area (Å²) in [4.78, 5) is 0. The zero-order valence-electron chi connectivity index (χ0n) is 9.75. The highest BCUT2D eigenvalue weighted by atomic mass is 32.2. The van der Waals surface area contributed by atoms with Crippen LogP contribution in [0, 0.1) is 5.92 Å². The van der Waals surface area contributed by atoms with E-state index in [9.17, 15) is 0 Å². The molecule has 2 atom stereocenters. The number of rotatable bonds is 9. The van der Waals surface area contributed by atoms with E-state index in [2.05, 4.69) is 26.1 Å². The Balaban J connectivity index is 3.49. The largest absolute Gasteiger partial charge is 0.396 e. The quantitative estimate of drug-likeness (QED) is 0.623. The van der Waals surface area contributed by atoms with Crippen molar-refractivity contribution in [2.45, 2.75) is 39.7 Å². The summed E-state index contributed by atoms with van der Waals surface area (Å²) in [6, 6.07) is 0.485. The van der Waals surface area contributed by atoms with Crippen LogP contribution in [-0.2, 0) is 0 Å². The van der Waals surface area contributed by atoms with E-state index in [4.69, 9.17) is 5.11 Å². The number of nitrogens with one attached hydrogen (secondary N) is 1. The molecule has 0 heterocycles. The fourth-order valence-corrected chi connectivity index (χ4v) is 2.56. The molecule has 0 rings (SSSR count). The van der Waals surface area contributed by atoms with Gasteiger partial charge in [-0.25, -0.2) is 0 Å². The normalized spacial score (nSPS) is 15.4. The zero-order chi connectivity index (χ0) is 10.8. The number of thioether (sulfide) groups is 1. The van der Waals surface area contributed by atoms with Gasteiger partial charge in [-0.1, -0.05) is 27.2 Å². The summed E-state index contributed by atoms with van der Waals surface area (Å²) < 4.78 is 0. The number of hydrogen-bond acceptors (Lipinski definition) is 3. The highest BCUT2D eigenvalue weighted by Crippen LogP contribution is 2.13. The van der Waals surface area contributed by atoms with Crippen LogP contribution >= 0.6 is 11.8 Å². The van der Waals surface area contributed by atoms with E-state index in [1.54, 1.807) is 0 Å². The van der Waals surface area contributed by atoms with Gasteiger partial charge in [-0.2, -0.15) is 11.8 Å². The molecule has 0 aliphatic carbocycles. The van der Waals surface area contributed by atoms with Gasteiger partial charge in [0.25, 0.3) is 0 Å². The lowest BCUT2D eigenvalue weighted by Crippen LogP contribution is -2.32. The number of aliphatic hydroxyl groups is 1. The third kappa shape index (κ3) is 7.65. The smallest absolute Gasteiger partial charge is 0.0446 e. The third-order valence-electron chi connectivity index (χ3n) is 2.39. The summed E-state index contributed by atoms with van der Waals surface area (Å²) in [5.74, 6) is 3.18. The van der Waals surface area contributed by atoms with Crippen LogP contribution in [0.3, 0.4) is 0 Å². The van der Waals surface area contributed by atoms with Crippen molar-refractivity contribution < 1.29 is 5.11 Å². The Morgan fingerprint density at radius 2 is 2.00 bits per heavy atom. The maximum Gasteiger partial charge on any atom is 0.0446 e. The molecule has 0 aromatic carbocycles. The molecule has 0 spiro atoms. The predicted octanol–water partition coefficient (Wildman–Crippen LogP) is 2.13. The van der Waals surface area contributed by atoms with E-state index >= 15 is 0 Å². The van der Waals surface area contributed by atoms with Crippen LogP contribution in [0.2, 0.25) is 0 Å². The lowest BCUT2D eigenvalue weighted by atomic mass is 10.2. The molecule has 0 fully saturated rings. The van der Waals surface area contributed by atoms with E-state index in [0.717, 1.165) is 24.6 Å². The topological polar surface area (TPSA) is 32.3 Å². The van der Waals surface area contributed by atoms with Gasteiger partial charge in [-0.3, -0.25) is 0 Å². The molecular weight excluding hydrogens is 194 g/mol. The Morgan fingerprint density at radius 1 is 1.29 bits per heavy atom. The van der Waals surface area contributed by atoms with Crippen molar-refractivity contribution in [3.63, 3.8) is 0 Å². The first kappa shape index (κ1) is 14.3. The maximum absolute atomic E-state index is 8.87. The van der Waals surface area contributed by atoms with Crippen LogP contribution in [0.5, 0.6) is 0 Å². The molecule has 14 heavy (non-hydrogen) atoms. The molecule has 0 aliphatic rings. The maximum atomic E-state index is 8.87. The summed E-state index contributed by atoms with van der Waals surface area (Å²) in [5, 5.41) is 12.3. The molecule has 2 nitrogen and oxygen atoms in total. The zero-order valence-corrected chi connectivity index (χ0v) is 10.6. The summed E-state index contributed by atoms with van der Waals surface area (Å²) in [5.41, 5.74) is 0. The van der Waals surface area contributed by atoms with Gasteiger partial charge in [0.1, 0.15) is 0 Å². The summed E-state index contributed by atoms with van der Waals surface area (Å²) in [6.07, 6.45) is 2.14. The highest BCUT2D eigenvalue weighted by Gasteiger charge is 2.07. The second kappa shape index (κ2) is 9.81. The molecule has 86 valence electrons. The van der Waals surface area contributed by atoms with Crippen LogP contribution in [-0.4, -0.2) is 35.8 Å². The van der Waals surface area contributed by atoms with E-state index < -0.39 is 0 Å². The molecule has 0 aromatic rings. The van der Waals surface area contributed by atoms with Gasteiger partial charge in [0.05, 0.1) is 0 Å². The SMILES string of the molecule is CCNC(CCO)CSCC(C)CC. The van der Waals surface area contributed by atoms with Gasteiger partial charge >= 0.3 is 0 Å². The Morgan fingerprint density at radius 3 is 2.50 bits per heavy atom. The molecule has 0 aromatic heterocycles. The first-order valence-corrected chi connectivity index (χ1v) is 6.82. The van der Waals surface area contributed by atoms with Crippen molar-refractivity contribution >= 4 is 11.8 Å². The predicted molar refractivity (Wildman–Crippen MR) is 65.9 cm³/mol. The second-order valence-corrected chi connectivity index (χ2v) is 4.89. The summed E-state index contributed by atoms with van der Waals surface area (Å²) in [6.45, 7) is 7.93. The minimum absolute atomic E-state index is 0.293. The van der Waals surface area contributed by atoms with Gasteiger partial charge in [-0.05, 0) is 24.6 Å². The van der Waals surface area contributed by atoms with Gasteiger partial charge in [0.15, 0.2) is 0 Å². The van der Waals surface area contributed by atoms with Crippen molar-refractivity contribution in [3.8, 4) is 0 Å². The lowest BCUT2D eigenvalue weighted by Gasteiger charge is -2.17. The monoisotopic (exact) mass is 219 g/mol. The van der Waals surface area contributed by atoms with Crippen LogP contribution < -0.4 is 5.32 Å². The third-order valence-corrected chi connectivity index (χ3v) is 3.83. The standard InChI is InChI=1S/C11H25NOS/c1-4-10(3)8-14-9-11(6-7-13)12-5-2/h10-13H,4-9H2,1-3H3. The average Bonchev–Trinajstić information content (AvgIpc) is 2.18. The summed E-state index contributed by atoms with van der Waals surface area (Å²) in [7, 11) is 0. The Labute approximate surface area is 92.9 Å². The molecule has 0 radical (unpaired) electrons. The van der Waals surface area contributed by atoms with Crippen molar-refractivity contribution in [2.24, 2.45) is 5.92 Å². The molecule has 2 unspecified atom stereocenters. The van der Waals surface area contributed by atoms with Crippen molar-refractivity contribution in [1.82, 2.24) is 5.32 Å². The second-order valence-electron chi connectivity index (χ2n) is 3.82. The fourth-order valence-electron chi connectivity index (χ4n) is 1.22. The van der Waals surface area contributed by atoms with E-state index in [-0.39, 0.29) is 0 Å². The van der Waals surface area contributed by atoms with E-state index in [1.807, 2.05) is 11.8 Å². The molecule has 0 bridgehead atoms. The van der Waals surface area contributed by atoms with Crippen LogP contribution in [0.15, 0.2) is 0 Å². The van der Waals surface area contributed by atoms with E-state index in [0.29, 0.717) is 12.6 Å². The number of aliphatic hydroxyl groups excluding tert-OH is 1. The molecule has 2 N–H and O–H groups in total. The van der Waals surface area contributed by atoms with Gasteiger partial charge in [0, 0.05) is 18.4 Å². The fraction of sp³-hybridized carbons (Fsp3) is 1.00. The van der Waals surface area contributed by atoms with Crippen molar-refractivity contribution in [1.29, 1.82) is 0 Å². The number of hydrogen-bond donors (Lipinski definition) is 2. The van der Waals surface area contributed by atoms with Crippen molar-refractivity contribution in [3.05, 3.63) is 0 Å². The van der Waals surface area contributed by atoms with Crippen LogP contribution in [0.1, 0.15) is 33.6 Å². The van der Waals surface area contributed by atoms with Gasteiger partial charge in [0.2, 0.25) is 0 Å². The van der Waals surface area contributed by atoms with Gasteiger partial charge in [-0.15, -0.1) is 0 Å². The Kier molecular flexibility index (Phi) is 10.0. The van der Waals surface area contributed by atoms with Crippen LogP contribution in [0.25, 0.3) is 0 Å². The lowest BCUT2D eigenvalue weighted by molar-refractivity contribution is 0.271. The first-order valence-electron chi connectivity index (χ1n) is 5.66. The molecular formula is C11H25NOS. The first-order chi connectivity index (χ1) is 6.74. The van der Waals surface area contributed by atoms with E-state index in [1.165, 1.54) is 12.2 Å². The molecule has 0 amide bonds. The average molecular weight is 219 g/mol. The Hall–Kier alpha value is 0.270. The molecule has 3 heteroatoms. The van der Waals surface area contributed by atoms with Crippen molar-refractivity contribution in [2.75, 3.05) is 24.7 Å².